The first kappa shape index (κ1) is 29.8. The van der Waals surface area contributed by atoms with E-state index in [1.807, 2.05) is 0 Å². The Morgan fingerprint density at radius 2 is 1.42 bits per heavy atom. The van der Waals surface area contributed by atoms with Crippen LogP contribution in [0.25, 0.3) is 0 Å². The van der Waals surface area contributed by atoms with Gasteiger partial charge < -0.3 is 14.6 Å². The average molecular weight is 547 g/mol. The van der Waals surface area contributed by atoms with Crippen molar-refractivity contribution in [3.63, 3.8) is 0 Å². The lowest BCUT2D eigenvalue weighted by Gasteiger charge is -2.44. The predicted octanol–water partition coefficient (Wildman–Crippen LogP) is 5.78. The maximum Gasteiger partial charge on any atom is 0.261 e. The molecule has 1 saturated heterocycles. The Bertz CT molecular complexity index is 858. The molecule has 36 heavy (non-hydrogen) atoms. The Morgan fingerprint density at radius 3 is 1.86 bits per heavy atom. The fourth-order valence-electron chi connectivity index (χ4n) is 5.96. The van der Waals surface area contributed by atoms with Crippen LogP contribution in [0.4, 0.5) is 0 Å². The first-order chi connectivity index (χ1) is 17.2. The molecule has 2 aromatic rings. The van der Waals surface area contributed by atoms with Gasteiger partial charge in [0.25, 0.3) is 8.32 Å². The van der Waals surface area contributed by atoms with Crippen molar-refractivity contribution in [2.75, 3.05) is 31.3 Å². The van der Waals surface area contributed by atoms with Crippen LogP contribution in [-0.2, 0) is 4.43 Å². The van der Waals surface area contributed by atoms with Gasteiger partial charge in [0, 0.05) is 37.2 Å². The van der Waals surface area contributed by atoms with Crippen molar-refractivity contribution in [1.29, 1.82) is 0 Å². The molecule has 0 amide bonds. The van der Waals surface area contributed by atoms with Crippen LogP contribution in [0.1, 0.15) is 53.9 Å². The lowest BCUT2D eigenvalue weighted by atomic mass is 9.86. The number of benzene rings is 2. The summed E-state index contributed by atoms with van der Waals surface area (Å²) in [4.78, 5) is 0. The third-order valence-corrected chi connectivity index (χ3v) is 17.1. The number of hydrogen-bond acceptors (Lipinski definition) is 5. The van der Waals surface area contributed by atoms with Crippen molar-refractivity contribution < 1.29 is 14.6 Å². The third kappa shape index (κ3) is 6.44. The van der Waals surface area contributed by atoms with E-state index in [-0.39, 0.29) is 28.2 Å². The number of hydrogen-bond donors (Lipinski definition) is 2. The summed E-state index contributed by atoms with van der Waals surface area (Å²) in [5.41, 5.74) is 0. The molecule has 1 heterocycles. The van der Waals surface area contributed by atoms with Gasteiger partial charge in [-0.2, -0.15) is 0 Å². The van der Waals surface area contributed by atoms with Crippen molar-refractivity contribution in [2.24, 2.45) is 17.8 Å². The molecule has 1 aliphatic rings. The molecule has 3 atom stereocenters. The minimum atomic E-state index is -2.62. The monoisotopic (exact) mass is 546 g/mol. The highest BCUT2D eigenvalue weighted by atomic mass is 32.2. The number of aliphatic hydroxyl groups is 2. The largest absolute Gasteiger partial charge is 0.407 e. The molecule has 200 valence electrons. The number of rotatable bonds is 13. The SMILES string of the molecule is C[C@@H](CCCO)C1([C@@H](C)C[C@H](CO)CO[Si](c2ccccc2)(c2ccccc2)C(C)(C)C)SCCS1. The maximum absolute atomic E-state index is 10.5. The summed E-state index contributed by atoms with van der Waals surface area (Å²) in [5.74, 6) is 3.42. The Hall–Kier alpha value is -0.763. The molecule has 1 fully saturated rings. The third-order valence-electron chi connectivity index (χ3n) is 7.81. The van der Waals surface area contributed by atoms with Crippen LogP contribution in [0.15, 0.2) is 60.7 Å². The van der Waals surface area contributed by atoms with E-state index in [0.717, 1.165) is 19.3 Å². The molecule has 0 radical (unpaired) electrons. The lowest BCUT2D eigenvalue weighted by molar-refractivity contribution is 0.132. The van der Waals surface area contributed by atoms with Gasteiger partial charge in [-0.25, -0.2) is 0 Å². The van der Waals surface area contributed by atoms with Gasteiger partial charge in [0.05, 0.1) is 4.08 Å². The summed E-state index contributed by atoms with van der Waals surface area (Å²) in [6, 6.07) is 21.5. The first-order valence-corrected chi connectivity index (χ1v) is 17.3. The van der Waals surface area contributed by atoms with E-state index in [1.54, 1.807) is 0 Å². The molecule has 2 aromatic carbocycles. The Labute approximate surface area is 229 Å². The van der Waals surface area contributed by atoms with Crippen LogP contribution >= 0.6 is 23.5 Å². The van der Waals surface area contributed by atoms with Crippen molar-refractivity contribution >= 4 is 42.2 Å². The van der Waals surface area contributed by atoms with Crippen LogP contribution < -0.4 is 10.4 Å². The zero-order valence-corrected chi connectivity index (χ0v) is 25.4. The van der Waals surface area contributed by atoms with E-state index in [9.17, 15) is 10.2 Å². The molecule has 0 saturated carbocycles. The van der Waals surface area contributed by atoms with E-state index in [0.29, 0.717) is 18.4 Å². The van der Waals surface area contributed by atoms with E-state index in [4.69, 9.17) is 4.43 Å². The molecular formula is C30H46O3S2Si. The standard InChI is InChI=1S/C30H46O3S2Si/c1-24(13-12-18-31)30(34-19-20-35-30)25(2)21-26(22-32)23-33-36(29(3,4)5,27-14-8-6-9-15-27)28-16-10-7-11-17-28/h6-11,14-17,24-26,31-32H,12-13,18-23H2,1-5H3/t24-,25-,26+/m0/s1. The Balaban J connectivity index is 1.87. The molecule has 0 aromatic heterocycles. The average Bonchev–Trinajstić information content (AvgIpc) is 3.39. The second kappa shape index (κ2) is 13.3. The molecule has 0 aliphatic carbocycles. The normalized spacial score (nSPS) is 18.6. The van der Waals surface area contributed by atoms with Crippen LogP contribution in [0.2, 0.25) is 5.04 Å². The fourth-order valence-corrected chi connectivity index (χ4v) is 14.3. The van der Waals surface area contributed by atoms with Crippen LogP contribution in [0, 0.1) is 17.8 Å². The highest BCUT2D eigenvalue weighted by Gasteiger charge is 2.51. The summed E-state index contributed by atoms with van der Waals surface area (Å²) in [6.45, 7) is 12.6. The first-order valence-electron chi connectivity index (χ1n) is 13.5. The minimum absolute atomic E-state index is 0.0709. The summed E-state index contributed by atoms with van der Waals surface area (Å²) in [5, 5.41) is 22.4. The van der Waals surface area contributed by atoms with Gasteiger partial charge in [0.1, 0.15) is 0 Å². The Morgan fingerprint density at radius 1 is 0.889 bits per heavy atom. The van der Waals surface area contributed by atoms with Gasteiger partial charge in [-0.05, 0) is 46.5 Å². The van der Waals surface area contributed by atoms with Crippen LogP contribution in [0.3, 0.4) is 0 Å². The predicted molar refractivity (Wildman–Crippen MR) is 161 cm³/mol. The Kier molecular flexibility index (Phi) is 11.0. The van der Waals surface area contributed by atoms with Crippen LogP contribution in [-0.4, -0.2) is 53.9 Å². The molecule has 2 N–H and O–H groups in total. The maximum atomic E-state index is 10.5. The second-order valence-corrected chi connectivity index (χ2v) is 18.7. The van der Waals surface area contributed by atoms with Gasteiger partial charge in [0.15, 0.2) is 0 Å². The fraction of sp³-hybridized carbons (Fsp3) is 0.600. The summed E-state index contributed by atoms with van der Waals surface area (Å²) in [6.07, 6.45) is 2.85. The molecular weight excluding hydrogens is 501 g/mol. The quantitative estimate of drug-likeness (QED) is 0.312. The van der Waals surface area contributed by atoms with Crippen molar-refractivity contribution in [3.8, 4) is 0 Å². The molecule has 0 unspecified atom stereocenters. The number of aliphatic hydroxyl groups excluding tert-OH is 2. The highest BCUT2D eigenvalue weighted by Crippen LogP contribution is 2.56. The smallest absolute Gasteiger partial charge is 0.261 e. The molecule has 0 bridgehead atoms. The topological polar surface area (TPSA) is 49.7 Å². The zero-order chi connectivity index (χ0) is 26.2. The summed E-state index contributed by atoms with van der Waals surface area (Å²) < 4.78 is 7.33. The molecule has 6 heteroatoms. The van der Waals surface area contributed by atoms with Crippen molar-refractivity contribution in [2.45, 2.75) is 63.0 Å². The van der Waals surface area contributed by atoms with Crippen molar-refractivity contribution in [3.05, 3.63) is 60.7 Å². The van der Waals surface area contributed by atoms with E-state index in [1.165, 1.54) is 21.9 Å². The highest BCUT2D eigenvalue weighted by molar-refractivity contribution is 8.21. The van der Waals surface area contributed by atoms with Crippen LogP contribution in [0.5, 0.6) is 0 Å². The van der Waals surface area contributed by atoms with Gasteiger partial charge >= 0.3 is 0 Å². The van der Waals surface area contributed by atoms with Gasteiger partial charge in [-0.15, -0.1) is 23.5 Å². The van der Waals surface area contributed by atoms with E-state index >= 15 is 0 Å². The minimum Gasteiger partial charge on any atom is -0.407 e. The second-order valence-electron chi connectivity index (χ2n) is 11.3. The lowest BCUT2D eigenvalue weighted by Crippen LogP contribution is -2.67. The summed E-state index contributed by atoms with van der Waals surface area (Å²) in [7, 11) is -2.62. The van der Waals surface area contributed by atoms with Gasteiger partial charge in [-0.3, -0.25) is 0 Å². The van der Waals surface area contributed by atoms with Gasteiger partial charge in [-0.1, -0.05) is 95.3 Å². The zero-order valence-electron chi connectivity index (χ0n) is 22.8. The van der Waals surface area contributed by atoms with Crippen molar-refractivity contribution in [1.82, 2.24) is 0 Å². The molecule has 1 aliphatic heterocycles. The molecule has 3 nitrogen and oxygen atoms in total. The number of thioether (sulfide) groups is 2. The molecule has 3 rings (SSSR count). The molecule has 0 spiro atoms. The van der Waals surface area contributed by atoms with Gasteiger partial charge in [0.2, 0.25) is 0 Å². The summed E-state index contributed by atoms with van der Waals surface area (Å²) >= 11 is 4.20. The van der Waals surface area contributed by atoms with E-state index in [2.05, 4.69) is 119 Å². The van der Waals surface area contributed by atoms with E-state index < -0.39 is 8.32 Å².